The van der Waals surface area contributed by atoms with Gasteiger partial charge in [-0.3, -0.25) is 9.48 Å². The Bertz CT molecular complexity index is 1030. The molecular weight excluding hydrogens is 336 g/mol. The minimum atomic E-state index is -0.0275. The summed E-state index contributed by atoms with van der Waals surface area (Å²) in [5.74, 6) is -0.0275. The van der Waals surface area contributed by atoms with Gasteiger partial charge in [0.25, 0.3) is 0 Å². The molecule has 0 bridgehead atoms. The largest absolute Gasteiger partial charge is 0.380 e. The molecule has 136 valence electrons. The first-order valence-electron chi connectivity index (χ1n) is 8.84. The van der Waals surface area contributed by atoms with Gasteiger partial charge in [0.15, 0.2) is 5.78 Å². The molecule has 0 amide bonds. The molecule has 0 radical (unpaired) electrons. The number of aromatic nitrogens is 2. The SMILES string of the molecule is CC(=O)c1ccc(C#N)cc1NCc1cccc(Cn2nc(C)cc2C)c1. The summed E-state index contributed by atoms with van der Waals surface area (Å²) in [5.41, 5.74) is 6.22. The Hall–Kier alpha value is -3.39. The fourth-order valence-corrected chi connectivity index (χ4v) is 3.11. The number of rotatable bonds is 6. The van der Waals surface area contributed by atoms with Gasteiger partial charge in [0.2, 0.25) is 0 Å². The number of nitrogens with one attached hydrogen (secondary N) is 1. The summed E-state index contributed by atoms with van der Waals surface area (Å²) < 4.78 is 1.99. The van der Waals surface area contributed by atoms with Gasteiger partial charge in [-0.15, -0.1) is 0 Å². The monoisotopic (exact) mass is 358 g/mol. The maximum atomic E-state index is 11.8. The van der Waals surface area contributed by atoms with Crippen molar-refractivity contribution >= 4 is 11.5 Å². The first kappa shape index (κ1) is 18.4. The number of aryl methyl sites for hydroxylation is 2. The minimum Gasteiger partial charge on any atom is -0.380 e. The second-order valence-corrected chi connectivity index (χ2v) is 6.69. The Morgan fingerprint density at radius 1 is 1.15 bits per heavy atom. The molecule has 2 aromatic carbocycles. The lowest BCUT2D eigenvalue weighted by Gasteiger charge is -2.12. The van der Waals surface area contributed by atoms with Gasteiger partial charge in [0.05, 0.1) is 23.9 Å². The molecule has 3 rings (SSSR count). The molecule has 0 saturated heterocycles. The Balaban J connectivity index is 1.77. The molecule has 5 nitrogen and oxygen atoms in total. The highest BCUT2D eigenvalue weighted by atomic mass is 16.1. The number of nitriles is 1. The van der Waals surface area contributed by atoms with E-state index in [1.807, 2.05) is 23.7 Å². The number of nitrogens with zero attached hydrogens (tertiary/aromatic N) is 3. The number of hydrogen-bond acceptors (Lipinski definition) is 4. The lowest BCUT2D eigenvalue weighted by atomic mass is 10.1. The van der Waals surface area contributed by atoms with E-state index in [4.69, 9.17) is 5.26 Å². The van der Waals surface area contributed by atoms with E-state index in [2.05, 4.69) is 41.6 Å². The Labute approximate surface area is 159 Å². The van der Waals surface area contributed by atoms with Gasteiger partial charge < -0.3 is 5.32 Å². The van der Waals surface area contributed by atoms with Crippen LogP contribution < -0.4 is 5.32 Å². The van der Waals surface area contributed by atoms with Gasteiger partial charge >= 0.3 is 0 Å². The van der Waals surface area contributed by atoms with Crippen molar-refractivity contribution in [3.05, 3.63) is 82.2 Å². The van der Waals surface area contributed by atoms with E-state index in [1.165, 1.54) is 6.92 Å². The minimum absolute atomic E-state index is 0.0275. The molecule has 3 aromatic rings. The third-order valence-corrected chi connectivity index (χ3v) is 4.44. The van der Waals surface area contributed by atoms with E-state index >= 15 is 0 Å². The van der Waals surface area contributed by atoms with Gasteiger partial charge in [-0.1, -0.05) is 24.3 Å². The first-order chi connectivity index (χ1) is 13.0. The van der Waals surface area contributed by atoms with Crippen molar-refractivity contribution in [3.8, 4) is 6.07 Å². The molecule has 1 heterocycles. The van der Waals surface area contributed by atoms with Crippen LogP contribution in [0.2, 0.25) is 0 Å². The number of Topliss-reactive ketones (excluding diaryl/α,β-unsaturated/α-hetero) is 1. The summed E-state index contributed by atoms with van der Waals surface area (Å²) in [5, 5.41) is 16.9. The van der Waals surface area contributed by atoms with E-state index in [1.54, 1.807) is 18.2 Å². The van der Waals surface area contributed by atoms with Crippen LogP contribution in [-0.4, -0.2) is 15.6 Å². The molecule has 0 atom stereocenters. The van der Waals surface area contributed by atoms with Crippen molar-refractivity contribution in [1.82, 2.24) is 9.78 Å². The van der Waals surface area contributed by atoms with Crippen LogP contribution >= 0.6 is 0 Å². The summed E-state index contributed by atoms with van der Waals surface area (Å²) >= 11 is 0. The molecule has 0 unspecified atom stereocenters. The molecule has 0 fully saturated rings. The molecule has 5 heteroatoms. The van der Waals surface area contributed by atoms with E-state index in [9.17, 15) is 4.79 Å². The van der Waals surface area contributed by atoms with Crippen molar-refractivity contribution in [1.29, 1.82) is 5.26 Å². The Kier molecular flexibility index (Phi) is 5.37. The van der Waals surface area contributed by atoms with Crippen LogP contribution in [0.4, 0.5) is 5.69 Å². The van der Waals surface area contributed by atoms with Crippen LogP contribution in [0.3, 0.4) is 0 Å². The topological polar surface area (TPSA) is 70.7 Å². The van der Waals surface area contributed by atoms with Gasteiger partial charge in [0, 0.05) is 23.5 Å². The lowest BCUT2D eigenvalue weighted by Crippen LogP contribution is -2.07. The highest BCUT2D eigenvalue weighted by Gasteiger charge is 2.09. The third-order valence-electron chi connectivity index (χ3n) is 4.44. The molecule has 0 saturated carbocycles. The molecule has 1 N–H and O–H groups in total. The first-order valence-corrected chi connectivity index (χ1v) is 8.84. The molecule has 0 spiro atoms. The molecule has 0 aliphatic heterocycles. The fraction of sp³-hybridized carbons (Fsp3) is 0.227. The number of benzene rings is 2. The number of ketones is 1. The smallest absolute Gasteiger partial charge is 0.161 e. The number of anilines is 1. The number of carbonyl (C=O) groups is 1. The van der Waals surface area contributed by atoms with Crippen molar-refractivity contribution in [2.45, 2.75) is 33.9 Å². The van der Waals surface area contributed by atoms with Crippen LogP contribution in [-0.2, 0) is 13.1 Å². The second-order valence-electron chi connectivity index (χ2n) is 6.69. The van der Waals surface area contributed by atoms with Crippen molar-refractivity contribution < 1.29 is 4.79 Å². The predicted octanol–water partition coefficient (Wildman–Crippen LogP) is 4.23. The number of carbonyl (C=O) groups excluding carboxylic acids is 1. The maximum absolute atomic E-state index is 11.8. The zero-order valence-corrected chi connectivity index (χ0v) is 15.8. The third kappa shape index (κ3) is 4.42. The summed E-state index contributed by atoms with van der Waals surface area (Å²) in [7, 11) is 0. The standard InChI is InChI=1S/C22H22N4O/c1-15-9-16(2)26(25-15)14-20-6-4-5-19(10-20)13-24-22-11-18(12-23)7-8-21(22)17(3)27/h4-11,24H,13-14H2,1-3H3. The van der Waals surface area contributed by atoms with Crippen molar-refractivity contribution in [3.63, 3.8) is 0 Å². The summed E-state index contributed by atoms with van der Waals surface area (Å²) in [6.07, 6.45) is 0. The highest BCUT2D eigenvalue weighted by Crippen LogP contribution is 2.20. The van der Waals surface area contributed by atoms with E-state index < -0.39 is 0 Å². The van der Waals surface area contributed by atoms with Crippen molar-refractivity contribution in [2.24, 2.45) is 0 Å². The quantitative estimate of drug-likeness (QED) is 0.669. The van der Waals surface area contributed by atoms with Crippen LogP contribution in [0.25, 0.3) is 0 Å². The fourth-order valence-electron chi connectivity index (χ4n) is 3.11. The molecule has 27 heavy (non-hydrogen) atoms. The van der Waals surface area contributed by atoms with Gasteiger partial charge in [-0.2, -0.15) is 10.4 Å². The Morgan fingerprint density at radius 2 is 1.93 bits per heavy atom. The summed E-state index contributed by atoms with van der Waals surface area (Å²) in [6, 6.07) is 17.5. The van der Waals surface area contributed by atoms with Gasteiger partial charge in [0.1, 0.15) is 0 Å². The lowest BCUT2D eigenvalue weighted by molar-refractivity contribution is 0.101. The zero-order chi connectivity index (χ0) is 19.4. The highest BCUT2D eigenvalue weighted by molar-refractivity contribution is 5.99. The normalized spacial score (nSPS) is 10.4. The van der Waals surface area contributed by atoms with Crippen LogP contribution in [0.15, 0.2) is 48.5 Å². The van der Waals surface area contributed by atoms with Crippen LogP contribution in [0.5, 0.6) is 0 Å². The van der Waals surface area contributed by atoms with E-state index in [0.717, 1.165) is 29.1 Å². The van der Waals surface area contributed by atoms with Crippen LogP contribution in [0.1, 0.15) is 45.4 Å². The molecule has 1 aromatic heterocycles. The zero-order valence-electron chi connectivity index (χ0n) is 15.8. The van der Waals surface area contributed by atoms with Gasteiger partial charge in [-0.05, 0) is 56.2 Å². The molecule has 0 aliphatic rings. The summed E-state index contributed by atoms with van der Waals surface area (Å²) in [4.78, 5) is 11.8. The summed E-state index contributed by atoms with van der Waals surface area (Å²) in [6.45, 7) is 6.86. The average Bonchev–Trinajstić information content (AvgIpc) is 2.96. The average molecular weight is 358 g/mol. The van der Waals surface area contributed by atoms with Crippen molar-refractivity contribution in [2.75, 3.05) is 5.32 Å². The van der Waals surface area contributed by atoms with Crippen LogP contribution in [0, 0.1) is 25.2 Å². The second kappa shape index (κ2) is 7.88. The van der Waals surface area contributed by atoms with E-state index in [-0.39, 0.29) is 5.78 Å². The Morgan fingerprint density at radius 3 is 2.59 bits per heavy atom. The predicted molar refractivity (Wildman–Crippen MR) is 106 cm³/mol. The molecular formula is C22H22N4O. The van der Waals surface area contributed by atoms with E-state index in [0.29, 0.717) is 23.4 Å². The molecule has 0 aliphatic carbocycles. The van der Waals surface area contributed by atoms with Gasteiger partial charge in [-0.25, -0.2) is 0 Å². The maximum Gasteiger partial charge on any atom is 0.161 e. The number of hydrogen-bond donors (Lipinski definition) is 1.